The van der Waals surface area contributed by atoms with Gasteiger partial charge >= 0.3 is 0 Å². The first-order chi connectivity index (χ1) is 11.6. The van der Waals surface area contributed by atoms with Gasteiger partial charge in [-0.3, -0.25) is 4.79 Å². The van der Waals surface area contributed by atoms with Crippen LogP contribution in [0.5, 0.6) is 0 Å². The first-order valence-electron chi connectivity index (χ1n) is 9.96. The lowest BCUT2D eigenvalue weighted by Gasteiger charge is -2.38. The van der Waals surface area contributed by atoms with Gasteiger partial charge in [-0.1, -0.05) is 12.8 Å². The van der Waals surface area contributed by atoms with Gasteiger partial charge in [0.15, 0.2) is 0 Å². The van der Waals surface area contributed by atoms with Crippen molar-refractivity contribution in [3.8, 4) is 0 Å². The molecule has 154 valence electrons. The largest absolute Gasteiger partial charge is 0.355 e. The minimum absolute atomic E-state index is 0. The van der Waals surface area contributed by atoms with Crippen molar-refractivity contribution in [3.05, 3.63) is 0 Å². The van der Waals surface area contributed by atoms with Crippen LogP contribution in [0.15, 0.2) is 0 Å². The summed E-state index contributed by atoms with van der Waals surface area (Å²) in [5, 5.41) is 6.83. The van der Waals surface area contributed by atoms with Crippen LogP contribution in [0, 0.1) is 17.3 Å². The number of fused-ring (bicyclic) bond motifs is 1. The number of halogens is 2. The summed E-state index contributed by atoms with van der Waals surface area (Å²) in [5.74, 6) is 1.57. The number of amides is 1. The van der Waals surface area contributed by atoms with Gasteiger partial charge in [0.2, 0.25) is 5.91 Å². The summed E-state index contributed by atoms with van der Waals surface area (Å²) in [6, 6.07) is 0. The first kappa shape index (κ1) is 24.0. The molecule has 0 aromatic carbocycles. The van der Waals surface area contributed by atoms with E-state index in [0.29, 0.717) is 17.7 Å². The second-order valence-electron chi connectivity index (χ2n) is 8.53. The topological polar surface area (TPSA) is 47.6 Å². The number of likely N-dealkylation sites (N-methyl/N-ethyl adjacent to an activating group) is 1. The van der Waals surface area contributed by atoms with Crippen LogP contribution in [0.2, 0.25) is 0 Å². The van der Waals surface area contributed by atoms with E-state index < -0.39 is 0 Å². The van der Waals surface area contributed by atoms with Crippen LogP contribution >= 0.6 is 24.8 Å². The second-order valence-corrected chi connectivity index (χ2v) is 8.53. The number of piperidine rings is 1. The molecule has 7 heteroatoms. The number of hydrogen-bond acceptors (Lipinski definition) is 4. The number of likely N-dealkylation sites (tertiary alicyclic amines) is 1. The van der Waals surface area contributed by atoms with Crippen molar-refractivity contribution in [2.45, 2.75) is 38.5 Å². The Balaban J connectivity index is 0.00000169. The average Bonchev–Trinajstić information content (AvgIpc) is 3.04. The lowest BCUT2D eigenvalue weighted by Crippen LogP contribution is -2.49. The molecule has 5 nitrogen and oxygen atoms in total. The number of rotatable bonds is 6. The fraction of sp³-hybridized carbons (Fsp3) is 0.947. The lowest BCUT2D eigenvalue weighted by atomic mass is 9.67. The van der Waals surface area contributed by atoms with E-state index in [9.17, 15) is 4.79 Å². The second kappa shape index (κ2) is 11.1. The van der Waals surface area contributed by atoms with Crippen LogP contribution in [0.1, 0.15) is 38.5 Å². The molecule has 3 rings (SSSR count). The molecule has 3 fully saturated rings. The Hall–Kier alpha value is -0.0700. The molecule has 0 spiro atoms. The van der Waals surface area contributed by atoms with Gasteiger partial charge in [-0.15, -0.1) is 24.8 Å². The zero-order valence-electron chi connectivity index (χ0n) is 16.5. The summed E-state index contributed by atoms with van der Waals surface area (Å²) in [6.07, 6.45) is 7.28. The number of nitrogens with one attached hydrogen (secondary N) is 2. The predicted molar refractivity (Wildman–Crippen MR) is 112 cm³/mol. The third-order valence-electron chi connectivity index (χ3n) is 6.61. The molecule has 26 heavy (non-hydrogen) atoms. The van der Waals surface area contributed by atoms with Crippen molar-refractivity contribution in [2.24, 2.45) is 17.3 Å². The lowest BCUT2D eigenvalue weighted by molar-refractivity contribution is -0.134. The summed E-state index contributed by atoms with van der Waals surface area (Å²) in [7, 11) is 4.27. The Bertz CT molecular complexity index is 430. The van der Waals surface area contributed by atoms with Gasteiger partial charge in [-0.05, 0) is 71.2 Å². The number of carbonyl (C=O) groups excluding carboxylic acids is 1. The average molecular weight is 409 g/mol. The van der Waals surface area contributed by atoms with Crippen LogP contribution in [0.25, 0.3) is 0 Å². The van der Waals surface area contributed by atoms with Crippen LogP contribution in [0.3, 0.4) is 0 Å². The zero-order valence-corrected chi connectivity index (χ0v) is 18.1. The highest BCUT2D eigenvalue weighted by Crippen LogP contribution is 2.43. The minimum atomic E-state index is -0.0926. The molecule has 0 radical (unpaired) electrons. The molecule has 3 aliphatic rings. The third-order valence-corrected chi connectivity index (χ3v) is 6.61. The van der Waals surface area contributed by atoms with Crippen molar-refractivity contribution < 1.29 is 4.79 Å². The van der Waals surface area contributed by atoms with Crippen molar-refractivity contribution in [1.29, 1.82) is 0 Å². The Morgan fingerprint density at radius 3 is 2.62 bits per heavy atom. The summed E-state index contributed by atoms with van der Waals surface area (Å²) < 4.78 is 0. The molecule has 2 heterocycles. The molecular weight excluding hydrogens is 371 g/mol. The molecule has 0 aromatic rings. The molecule has 2 aliphatic heterocycles. The maximum absolute atomic E-state index is 12.9. The molecule has 0 bridgehead atoms. The number of nitrogens with zero attached hydrogens (tertiary/aromatic N) is 2. The monoisotopic (exact) mass is 408 g/mol. The molecular formula is C19H38Cl2N4O. The Morgan fingerprint density at radius 1 is 1.19 bits per heavy atom. The summed E-state index contributed by atoms with van der Waals surface area (Å²) in [5.41, 5.74) is -0.0926. The number of carbonyl (C=O) groups is 1. The Labute approximate surface area is 171 Å². The highest BCUT2D eigenvalue weighted by atomic mass is 35.5. The molecule has 0 unspecified atom stereocenters. The van der Waals surface area contributed by atoms with Crippen molar-refractivity contribution in [3.63, 3.8) is 0 Å². The quantitative estimate of drug-likeness (QED) is 0.705. The molecule has 1 aliphatic carbocycles. The van der Waals surface area contributed by atoms with Crippen LogP contribution in [0.4, 0.5) is 0 Å². The molecule has 1 amide bonds. The normalized spacial score (nSPS) is 29.6. The van der Waals surface area contributed by atoms with E-state index in [1.807, 2.05) is 0 Å². The first-order valence-corrected chi connectivity index (χ1v) is 9.96. The van der Waals surface area contributed by atoms with Crippen LogP contribution in [-0.4, -0.2) is 75.6 Å². The van der Waals surface area contributed by atoms with E-state index in [-0.39, 0.29) is 30.2 Å². The highest BCUT2D eigenvalue weighted by Gasteiger charge is 2.49. The predicted octanol–water partition coefficient (Wildman–Crippen LogP) is 2.00. The Kier molecular flexibility index (Phi) is 10.2. The number of hydrogen-bond donors (Lipinski definition) is 2. The molecule has 2 saturated heterocycles. The van der Waals surface area contributed by atoms with E-state index in [1.165, 1.54) is 51.7 Å². The smallest absolute Gasteiger partial charge is 0.227 e. The SMILES string of the molecule is CN(C)CCN1CCC(CNC(=O)[C@@]23CCCC[C@H]2CNC3)CC1.Cl.Cl. The van der Waals surface area contributed by atoms with E-state index in [1.54, 1.807) is 0 Å². The Morgan fingerprint density at radius 2 is 1.92 bits per heavy atom. The van der Waals surface area contributed by atoms with Gasteiger partial charge in [0, 0.05) is 26.2 Å². The maximum atomic E-state index is 12.9. The third kappa shape index (κ3) is 5.71. The van der Waals surface area contributed by atoms with Crippen molar-refractivity contribution >= 4 is 30.7 Å². The van der Waals surface area contributed by atoms with Crippen LogP contribution in [-0.2, 0) is 4.79 Å². The zero-order chi connectivity index (χ0) is 17.0. The molecule has 2 atom stereocenters. The van der Waals surface area contributed by atoms with E-state index in [4.69, 9.17) is 0 Å². The minimum Gasteiger partial charge on any atom is -0.355 e. The molecule has 1 saturated carbocycles. The van der Waals surface area contributed by atoms with E-state index in [0.717, 1.165) is 32.6 Å². The van der Waals surface area contributed by atoms with Crippen LogP contribution < -0.4 is 10.6 Å². The summed E-state index contributed by atoms with van der Waals surface area (Å²) in [4.78, 5) is 17.7. The van der Waals surface area contributed by atoms with Gasteiger partial charge in [-0.2, -0.15) is 0 Å². The van der Waals surface area contributed by atoms with Gasteiger partial charge in [-0.25, -0.2) is 0 Å². The standard InChI is InChI=1S/C19H36N4O.2ClH/c1-22(2)11-12-23-9-6-16(7-10-23)13-21-18(24)19-8-4-3-5-17(19)14-20-15-19;;/h16-17,20H,3-15H2,1-2H3,(H,21,24);2*1H/t17-,19+;;/m0../s1. The van der Waals surface area contributed by atoms with E-state index in [2.05, 4.69) is 34.5 Å². The van der Waals surface area contributed by atoms with Gasteiger partial charge in [0.25, 0.3) is 0 Å². The van der Waals surface area contributed by atoms with Gasteiger partial charge in [0.05, 0.1) is 5.41 Å². The van der Waals surface area contributed by atoms with Crippen molar-refractivity contribution in [2.75, 3.05) is 59.9 Å². The fourth-order valence-electron chi connectivity index (χ4n) is 4.86. The highest BCUT2D eigenvalue weighted by molar-refractivity contribution is 5.85. The van der Waals surface area contributed by atoms with E-state index >= 15 is 0 Å². The molecule has 0 aromatic heterocycles. The summed E-state index contributed by atoms with van der Waals surface area (Å²) >= 11 is 0. The maximum Gasteiger partial charge on any atom is 0.227 e. The summed E-state index contributed by atoms with van der Waals surface area (Å²) in [6.45, 7) is 7.49. The van der Waals surface area contributed by atoms with Gasteiger partial charge < -0.3 is 20.4 Å². The fourth-order valence-corrected chi connectivity index (χ4v) is 4.86. The molecule has 2 N–H and O–H groups in total. The van der Waals surface area contributed by atoms with Gasteiger partial charge in [0.1, 0.15) is 0 Å². The van der Waals surface area contributed by atoms with Crippen molar-refractivity contribution in [1.82, 2.24) is 20.4 Å².